The van der Waals surface area contributed by atoms with E-state index in [1.807, 2.05) is 66.7 Å². The molecule has 0 heterocycles. The Morgan fingerprint density at radius 2 is 1.70 bits per heavy atom. The number of Topliss-reactive ketones (excluding diaryl/α,β-unsaturated/α-hetero) is 1. The topological polar surface area (TPSA) is 86.7 Å². The van der Waals surface area contributed by atoms with Crippen molar-refractivity contribution in [3.63, 3.8) is 0 Å². The van der Waals surface area contributed by atoms with Crippen LogP contribution in [0.25, 0.3) is 10.8 Å². The predicted molar refractivity (Wildman–Crippen MR) is 109 cm³/mol. The van der Waals surface area contributed by atoms with Crippen LogP contribution in [-0.4, -0.2) is 29.6 Å². The van der Waals surface area contributed by atoms with Crippen molar-refractivity contribution in [3.8, 4) is 5.75 Å². The monoisotopic (exact) mass is 414 g/mol. The summed E-state index contributed by atoms with van der Waals surface area (Å²) in [4.78, 5) is 23.0. The standard InChI is InChI=1S/C24H24O5.Na/c25-21(7-4-8-24(27)28)16-29-22-12-11-18-9-10-19(14-20(18)15-22)23(26)13-17-5-2-1-3-6-17;/h1-3,5-6,9-12,14-15,21,25H,4,7-8,13,16H2,(H,27,28);/q;+1/p-1. The first-order valence-electron chi connectivity index (χ1n) is 9.63. The Labute approximate surface area is 198 Å². The Morgan fingerprint density at radius 1 is 0.967 bits per heavy atom. The van der Waals surface area contributed by atoms with Crippen molar-refractivity contribution in [2.45, 2.75) is 31.8 Å². The Bertz CT molecular complexity index is 987. The summed E-state index contributed by atoms with van der Waals surface area (Å²) >= 11 is 0. The molecule has 0 amide bonds. The molecule has 1 N–H and O–H groups in total. The predicted octanol–water partition coefficient (Wildman–Crippen LogP) is -0.0709. The first kappa shape index (κ1) is 24.1. The number of hydrogen-bond acceptors (Lipinski definition) is 5. The van der Waals surface area contributed by atoms with Crippen LogP contribution in [-0.2, 0) is 11.2 Å². The number of benzene rings is 3. The van der Waals surface area contributed by atoms with Crippen molar-refractivity contribution in [1.82, 2.24) is 0 Å². The molecule has 3 rings (SSSR count). The van der Waals surface area contributed by atoms with Gasteiger partial charge in [0.25, 0.3) is 0 Å². The number of carboxylic acids is 1. The third-order valence-corrected chi connectivity index (χ3v) is 4.70. The zero-order valence-electron chi connectivity index (χ0n) is 17.0. The van der Waals surface area contributed by atoms with Crippen LogP contribution in [0.15, 0.2) is 66.7 Å². The van der Waals surface area contributed by atoms with Gasteiger partial charge in [-0.25, -0.2) is 0 Å². The summed E-state index contributed by atoms with van der Waals surface area (Å²) < 4.78 is 5.63. The molecule has 1 unspecified atom stereocenters. The molecular weight excluding hydrogens is 391 g/mol. The average molecular weight is 414 g/mol. The number of aliphatic hydroxyl groups excluding tert-OH is 1. The maximum Gasteiger partial charge on any atom is 1.00 e. The van der Waals surface area contributed by atoms with Crippen LogP contribution in [0.2, 0.25) is 0 Å². The van der Waals surface area contributed by atoms with Gasteiger partial charge in [0.15, 0.2) is 5.78 Å². The minimum atomic E-state index is -1.12. The van der Waals surface area contributed by atoms with Crippen LogP contribution in [0.4, 0.5) is 0 Å². The molecule has 0 radical (unpaired) electrons. The molecule has 3 aromatic rings. The fourth-order valence-corrected chi connectivity index (χ4v) is 3.13. The molecule has 0 aliphatic carbocycles. The van der Waals surface area contributed by atoms with E-state index >= 15 is 0 Å². The van der Waals surface area contributed by atoms with E-state index in [-0.39, 0.29) is 48.4 Å². The normalized spacial score (nSPS) is 11.5. The molecule has 0 spiro atoms. The summed E-state index contributed by atoms with van der Waals surface area (Å²) in [6.07, 6.45) is 0.203. The Balaban J connectivity index is 0.00000320. The zero-order valence-corrected chi connectivity index (χ0v) is 19.0. The number of carbonyl (C=O) groups excluding carboxylic acids is 2. The van der Waals surface area contributed by atoms with Gasteiger partial charge in [-0.3, -0.25) is 4.79 Å². The zero-order chi connectivity index (χ0) is 20.6. The van der Waals surface area contributed by atoms with Crippen molar-refractivity contribution >= 4 is 22.5 Å². The maximum absolute atomic E-state index is 12.6. The third kappa shape index (κ3) is 7.26. The quantitative estimate of drug-likeness (QED) is 0.371. The first-order valence-corrected chi connectivity index (χ1v) is 9.63. The van der Waals surface area contributed by atoms with Crippen molar-refractivity contribution in [2.24, 2.45) is 0 Å². The second kappa shape index (κ2) is 11.9. The molecule has 5 nitrogen and oxygen atoms in total. The molecule has 0 fully saturated rings. The van der Waals surface area contributed by atoms with Gasteiger partial charge in [0.2, 0.25) is 0 Å². The van der Waals surface area contributed by atoms with Gasteiger partial charge < -0.3 is 19.7 Å². The summed E-state index contributed by atoms with van der Waals surface area (Å²) in [7, 11) is 0. The minimum absolute atomic E-state index is 0. The number of carboxylic acid groups (broad SMARTS) is 1. The number of hydrogen-bond donors (Lipinski definition) is 1. The Morgan fingerprint density at radius 3 is 2.43 bits per heavy atom. The van der Waals surface area contributed by atoms with Gasteiger partial charge in [0.05, 0.1) is 6.10 Å². The van der Waals surface area contributed by atoms with E-state index in [1.165, 1.54) is 0 Å². The number of aliphatic carboxylic acids is 1. The van der Waals surface area contributed by atoms with Crippen LogP contribution in [0.5, 0.6) is 5.75 Å². The van der Waals surface area contributed by atoms with E-state index in [1.54, 1.807) is 0 Å². The number of rotatable bonds is 10. The molecule has 0 aromatic heterocycles. The average Bonchev–Trinajstić information content (AvgIpc) is 2.72. The molecule has 150 valence electrons. The summed E-state index contributed by atoms with van der Waals surface area (Å²) in [5.74, 6) is -0.484. The second-order valence-electron chi connectivity index (χ2n) is 7.04. The van der Waals surface area contributed by atoms with Crippen LogP contribution in [0, 0.1) is 0 Å². The largest absolute Gasteiger partial charge is 1.00 e. The molecule has 6 heteroatoms. The number of carbonyl (C=O) groups is 2. The summed E-state index contributed by atoms with van der Waals surface area (Å²) in [6.45, 7) is 0.0746. The summed E-state index contributed by atoms with van der Waals surface area (Å²) in [6, 6.07) is 20.8. The molecule has 0 saturated carbocycles. The van der Waals surface area contributed by atoms with E-state index in [0.29, 0.717) is 30.6 Å². The molecule has 0 aliphatic rings. The van der Waals surface area contributed by atoms with Crippen molar-refractivity contribution in [1.29, 1.82) is 0 Å². The molecule has 0 saturated heterocycles. The van der Waals surface area contributed by atoms with Gasteiger partial charge >= 0.3 is 29.6 Å². The summed E-state index contributed by atoms with van der Waals surface area (Å²) in [5.41, 5.74) is 1.61. The van der Waals surface area contributed by atoms with E-state index in [9.17, 15) is 19.8 Å². The van der Waals surface area contributed by atoms with Crippen LogP contribution < -0.4 is 39.4 Å². The molecular formula is C24H23NaO5. The first-order chi connectivity index (χ1) is 14.0. The van der Waals surface area contributed by atoms with Gasteiger partial charge in [-0.05, 0) is 53.8 Å². The van der Waals surface area contributed by atoms with Crippen molar-refractivity contribution in [2.75, 3.05) is 6.61 Å². The smallest absolute Gasteiger partial charge is 0.550 e. The SMILES string of the molecule is O=C([O-])CCCC(O)COc1ccc2ccc(C(=O)Cc3ccccc3)cc2c1.[Na+]. The van der Waals surface area contributed by atoms with Crippen LogP contribution in [0.3, 0.4) is 0 Å². The summed E-state index contributed by atoms with van der Waals surface area (Å²) in [5, 5.41) is 22.2. The molecule has 3 aromatic carbocycles. The third-order valence-electron chi connectivity index (χ3n) is 4.70. The van der Waals surface area contributed by atoms with Crippen molar-refractivity contribution < 1.29 is 54.1 Å². The number of ketones is 1. The molecule has 30 heavy (non-hydrogen) atoms. The van der Waals surface area contributed by atoms with Crippen molar-refractivity contribution in [3.05, 3.63) is 77.9 Å². The van der Waals surface area contributed by atoms with Crippen LogP contribution >= 0.6 is 0 Å². The fourth-order valence-electron chi connectivity index (χ4n) is 3.13. The second-order valence-corrected chi connectivity index (χ2v) is 7.04. The number of aliphatic hydroxyl groups is 1. The molecule has 0 aliphatic heterocycles. The van der Waals surface area contributed by atoms with Gasteiger partial charge in [0, 0.05) is 18.0 Å². The van der Waals surface area contributed by atoms with Gasteiger partial charge in [0.1, 0.15) is 12.4 Å². The van der Waals surface area contributed by atoms with E-state index in [0.717, 1.165) is 16.3 Å². The van der Waals surface area contributed by atoms with Gasteiger partial charge in [-0.15, -0.1) is 0 Å². The van der Waals surface area contributed by atoms with Crippen LogP contribution in [0.1, 0.15) is 35.2 Å². The van der Waals surface area contributed by atoms with E-state index in [4.69, 9.17) is 4.74 Å². The Kier molecular flexibility index (Phi) is 9.53. The number of fused-ring (bicyclic) bond motifs is 1. The molecule has 1 atom stereocenters. The number of ether oxygens (including phenoxy) is 1. The molecule has 0 bridgehead atoms. The Hall–Kier alpha value is -2.18. The minimum Gasteiger partial charge on any atom is -0.550 e. The maximum atomic E-state index is 12.6. The van der Waals surface area contributed by atoms with E-state index in [2.05, 4.69) is 0 Å². The fraction of sp³-hybridized carbons (Fsp3) is 0.250. The van der Waals surface area contributed by atoms with Gasteiger partial charge in [-0.2, -0.15) is 0 Å². The van der Waals surface area contributed by atoms with Gasteiger partial charge in [-0.1, -0.05) is 48.5 Å². The van der Waals surface area contributed by atoms with E-state index < -0.39 is 12.1 Å².